The lowest BCUT2D eigenvalue weighted by atomic mass is 9.86. The lowest BCUT2D eigenvalue weighted by Gasteiger charge is -2.34. The Balaban J connectivity index is 1.38. The predicted octanol–water partition coefficient (Wildman–Crippen LogP) is 2.77. The molecule has 0 bridgehead atoms. The summed E-state index contributed by atoms with van der Waals surface area (Å²) in [5, 5.41) is 10.8. The summed E-state index contributed by atoms with van der Waals surface area (Å²) in [5.41, 5.74) is 0. The molecular formula is C17H28N2O4. The third-order valence-electron chi connectivity index (χ3n) is 5.91. The van der Waals surface area contributed by atoms with Crippen LogP contribution < -0.4 is 0 Å². The van der Waals surface area contributed by atoms with Crippen LogP contribution in [0.2, 0.25) is 0 Å². The molecule has 0 aromatic rings. The van der Waals surface area contributed by atoms with Crippen molar-refractivity contribution in [3.05, 3.63) is 10.1 Å². The van der Waals surface area contributed by atoms with E-state index in [1.807, 2.05) is 0 Å². The fourth-order valence-corrected chi connectivity index (χ4v) is 4.42. The topological polar surface area (TPSA) is 72.7 Å². The van der Waals surface area contributed by atoms with Crippen LogP contribution in [0.5, 0.6) is 0 Å². The monoisotopic (exact) mass is 324 g/mol. The van der Waals surface area contributed by atoms with E-state index >= 15 is 0 Å². The average Bonchev–Trinajstić information content (AvgIpc) is 3.10. The molecule has 130 valence electrons. The van der Waals surface area contributed by atoms with Gasteiger partial charge in [0.2, 0.25) is 6.04 Å². The Bertz CT molecular complexity index is 420. The minimum absolute atomic E-state index is 0.0644. The molecule has 0 unspecified atom stereocenters. The third-order valence-corrected chi connectivity index (χ3v) is 5.91. The minimum atomic E-state index is -0.463. The fraction of sp³-hybridized carbons (Fsp3) is 0.941. The molecule has 6 heteroatoms. The van der Waals surface area contributed by atoms with E-state index in [0.29, 0.717) is 31.7 Å². The molecule has 0 radical (unpaired) electrons. The van der Waals surface area contributed by atoms with E-state index in [0.717, 1.165) is 25.7 Å². The zero-order valence-corrected chi connectivity index (χ0v) is 13.8. The number of ether oxygens (including phenoxy) is 1. The van der Waals surface area contributed by atoms with Crippen LogP contribution >= 0.6 is 0 Å². The highest BCUT2D eigenvalue weighted by Gasteiger charge is 2.35. The first-order chi connectivity index (χ1) is 11.1. The van der Waals surface area contributed by atoms with Crippen molar-refractivity contribution in [3.8, 4) is 0 Å². The molecule has 3 aliphatic rings. The Morgan fingerprint density at radius 3 is 2.13 bits per heavy atom. The Hall–Kier alpha value is -1.17. The summed E-state index contributed by atoms with van der Waals surface area (Å²) in [6, 6.07) is 0.220. The number of carbonyl (C=O) groups is 1. The summed E-state index contributed by atoms with van der Waals surface area (Å²) < 4.78 is 5.71. The predicted molar refractivity (Wildman–Crippen MR) is 85.7 cm³/mol. The minimum Gasteiger partial charge on any atom is -0.462 e. The van der Waals surface area contributed by atoms with Gasteiger partial charge in [0, 0.05) is 23.8 Å². The largest absolute Gasteiger partial charge is 0.462 e. The van der Waals surface area contributed by atoms with Crippen LogP contribution in [0.1, 0.15) is 64.2 Å². The van der Waals surface area contributed by atoms with E-state index in [2.05, 4.69) is 4.90 Å². The van der Waals surface area contributed by atoms with Gasteiger partial charge in [-0.25, -0.2) is 0 Å². The first-order valence-electron chi connectivity index (χ1n) is 9.21. The van der Waals surface area contributed by atoms with Gasteiger partial charge in [-0.05, 0) is 64.5 Å². The molecule has 0 aromatic heterocycles. The van der Waals surface area contributed by atoms with Crippen molar-refractivity contribution in [1.29, 1.82) is 0 Å². The number of nitrogens with zero attached hydrogens (tertiary/aromatic N) is 2. The molecule has 1 heterocycles. The third kappa shape index (κ3) is 4.22. The molecule has 3 rings (SSSR count). The maximum Gasteiger partial charge on any atom is 0.309 e. The summed E-state index contributed by atoms with van der Waals surface area (Å²) in [4.78, 5) is 25.4. The van der Waals surface area contributed by atoms with E-state index < -0.39 is 6.04 Å². The number of hydrogen-bond donors (Lipinski definition) is 0. The Kier molecular flexibility index (Phi) is 5.51. The number of esters is 1. The van der Waals surface area contributed by atoms with Crippen LogP contribution in [0.25, 0.3) is 0 Å². The fourth-order valence-electron chi connectivity index (χ4n) is 4.42. The lowest BCUT2D eigenvalue weighted by Crippen LogP contribution is -2.39. The molecule has 1 saturated heterocycles. The average molecular weight is 324 g/mol. The van der Waals surface area contributed by atoms with Crippen LogP contribution in [0, 0.1) is 16.0 Å². The van der Waals surface area contributed by atoms with Crippen molar-refractivity contribution >= 4 is 5.97 Å². The number of likely N-dealkylation sites (tertiary alicyclic amines) is 1. The van der Waals surface area contributed by atoms with Crippen molar-refractivity contribution in [3.63, 3.8) is 0 Å². The first kappa shape index (κ1) is 16.7. The summed E-state index contributed by atoms with van der Waals surface area (Å²) >= 11 is 0. The summed E-state index contributed by atoms with van der Waals surface area (Å²) in [5.74, 6) is -0.237. The van der Waals surface area contributed by atoms with Gasteiger partial charge in [0.15, 0.2) is 0 Å². The van der Waals surface area contributed by atoms with Crippen molar-refractivity contribution in [2.45, 2.75) is 82.4 Å². The van der Waals surface area contributed by atoms with Gasteiger partial charge < -0.3 is 9.64 Å². The van der Waals surface area contributed by atoms with Gasteiger partial charge >= 0.3 is 5.97 Å². The van der Waals surface area contributed by atoms with E-state index in [1.54, 1.807) is 0 Å². The molecule has 0 atom stereocenters. The van der Waals surface area contributed by atoms with Crippen LogP contribution in [-0.4, -0.2) is 47.1 Å². The van der Waals surface area contributed by atoms with E-state index in [9.17, 15) is 14.9 Å². The number of rotatable bonds is 4. The van der Waals surface area contributed by atoms with E-state index in [-0.39, 0.29) is 22.9 Å². The Morgan fingerprint density at radius 2 is 1.57 bits per heavy atom. The molecule has 0 amide bonds. The maximum absolute atomic E-state index is 12.3. The van der Waals surface area contributed by atoms with Crippen molar-refractivity contribution < 1.29 is 14.5 Å². The van der Waals surface area contributed by atoms with Gasteiger partial charge in [-0.15, -0.1) is 0 Å². The molecule has 23 heavy (non-hydrogen) atoms. The van der Waals surface area contributed by atoms with Crippen LogP contribution in [0.15, 0.2) is 0 Å². The second kappa shape index (κ2) is 7.60. The van der Waals surface area contributed by atoms with Gasteiger partial charge in [0.05, 0.1) is 5.92 Å². The molecule has 1 aliphatic heterocycles. The van der Waals surface area contributed by atoms with Crippen molar-refractivity contribution in [1.82, 2.24) is 4.90 Å². The molecule has 3 fully saturated rings. The standard InChI is InChI=1S/C17H28N2O4/c20-17(13-3-5-15(6-4-13)19(21)22)23-16-9-7-14(8-10-16)18-11-1-2-12-18/h13-16H,1-12H2. The Labute approximate surface area is 137 Å². The quantitative estimate of drug-likeness (QED) is 0.452. The first-order valence-corrected chi connectivity index (χ1v) is 9.21. The van der Waals surface area contributed by atoms with Crippen molar-refractivity contribution in [2.24, 2.45) is 5.92 Å². The highest BCUT2D eigenvalue weighted by molar-refractivity contribution is 5.72. The lowest BCUT2D eigenvalue weighted by molar-refractivity contribution is -0.526. The molecule has 0 spiro atoms. The van der Waals surface area contributed by atoms with Gasteiger partial charge in [-0.2, -0.15) is 0 Å². The second-order valence-electron chi connectivity index (χ2n) is 7.40. The molecule has 2 saturated carbocycles. The Morgan fingerprint density at radius 1 is 0.957 bits per heavy atom. The summed E-state index contributed by atoms with van der Waals surface area (Å²) in [6.07, 6.45) is 9.13. The van der Waals surface area contributed by atoms with E-state index in [4.69, 9.17) is 4.74 Å². The SMILES string of the molecule is O=C(OC1CCC(N2CCCC2)CC1)C1CCC([N+](=O)[O-])CC1. The number of carbonyl (C=O) groups excluding carboxylic acids is 1. The second-order valence-corrected chi connectivity index (χ2v) is 7.40. The zero-order chi connectivity index (χ0) is 16.2. The van der Waals surface area contributed by atoms with Gasteiger partial charge in [0.1, 0.15) is 6.10 Å². The maximum atomic E-state index is 12.3. The normalized spacial score (nSPS) is 35.8. The van der Waals surface area contributed by atoms with Gasteiger partial charge in [-0.1, -0.05) is 0 Å². The van der Waals surface area contributed by atoms with E-state index in [1.165, 1.54) is 25.9 Å². The molecule has 0 N–H and O–H groups in total. The highest BCUT2D eigenvalue weighted by atomic mass is 16.6. The van der Waals surface area contributed by atoms with Crippen molar-refractivity contribution in [2.75, 3.05) is 13.1 Å². The molecule has 0 aromatic carbocycles. The molecule has 6 nitrogen and oxygen atoms in total. The van der Waals surface area contributed by atoms with Gasteiger partial charge in [-0.3, -0.25) is 14.9 Å². The smallest absolute Gasteiger partial charge is 0.309 e. The molecule has 2 aliphatic carbocycles. The summed E-state index contributed by atoms with van der Waals surface area (Å²) in [6.45, 7) is 2.46. The van der Waals surface area contributed by atoms with Crippen LogP contribution in [-0.2, 0) is 9.53 Å². The summed E-state index contributed by atoms with van der Waals surface area (Å²) in [7, 11) is 0. The van der Waals surface area contributed by atoms with Crippen LogP contribution in [0.4, 0.5) is 0 Å². The number of hydrogen-bond acceptors (Lipinski definition) is 5. The number of nitro groups is 1. The van der Waals surface area contributed by atoms with Gasteiger partial charge in [0.25, 0.3) is 0 Å². The zero-order valence-electron chi connectivity index (χ0n) is 13.8. The van der Waals surface area contributed by atoms with Crippen LogP contribution in [0.3, 0.4) is 0 Å². The molecular weight excluding hydrogens is 296 g/mol. The highest BCUT2D eigenvalue weighted by Crippen LogP contribution is 2.31.